The smallest absolute Gasteiger partial charge is 0.326 e. The summed E-state index contributed by atoms with van der Waals surface area (Å²) in [7, 11) is 0. The summed E-state index contributed by atoms with van der Waals surface area (Å²) in [4.78, 5) is 38.9. The maximum Gasteiger partial charge on any atom is 0.326 e. The quantitative estimate of drug-likeness (QED) is 0.238. The zero-order valence-corrected chi connectivity index (χ0v) is 22.6. The fourth-order valence-corrected chi connectivity index (χ4v) is 5.50. The number of carboxylic acids is 1. The van der Waals surface area contributed by atoms with Crippen molar-refractivity contribution in [3.05, 3.63) is 95.7 Å². The van der Waals surface area contributed by atoms with Crippen LogP contribution in [0.25, 0.3) is 10.9 Å². The fraction of sp³-hybridized carbons (Fsp3) is 0.273. The van der Waals surface area contributed by atoms with Gasteiger partial charge in [0.1, 0.15) is 17.5 Å². The molecule has 1 amide bonds. The van der Waals surface area contributed by atoms with E-state index in [1.54, 1.807) is 65.4 Å². The number of hydrogen-bond donors (Lipinski definition) is 2. The molecule has 0 aliphatic heterocycles. The molecule has 1 aliphatic rings. The molecule has 1 aliphatic carbocycles. The molecule has 5 rings (SSSR count). The molecule has 8 nitrogen and oxygen atoms in total. The Morgan fingerprint density at radius 2 is 1.76 bits per heavy atom. The Hall–Kier alpha value is -4.90. The van der Waals surface area contributed by atoms with Gasteiger partial charge >= 0.3 is 5.97 Å². The van der Waals surface area contributed by atoms with Crippen LogP contribution in [-0.2, 0) is 11.2 Å². The zero-order valence-electron chi connectivity index (χ0n) is 22.6. The number of benzene rings is 3. The number of amides is 1. The van der Waals surface area contributed by atoms with Gasteiger partial charge in [0, 0.05) is 24.4 Å². The average molecular weight is 550 g/mol. The number of ether oxygens (including phenoxy) is 1. The second kappa shape index (κ2) is 12.5. The number of aliphatic carboxylic acids is 1. The van der Waals surface area contributed by atoms with Gasteiger partial charge in [0.25, 0.3) is 5.91 Å². The van der Waals surface area contributed by atoms with E-state index in [-0.39, 0.29) is 17.9 Å². The van der Waals surface area contributed by atoms with Crippen LogP contribution in [-0.4, -0.2) is 33.5 Å². The van der Waals surface area contributed by atoms with E-state index in [2.05, 4.69) is 11.4 Å². The number of hydrogen-bond acceptors (Lipinski definition) is 5. The van der Waals surface area contributed by atoms with Crippen LogP contribution < -0.4 is 10.1 Å². The van der Waals surface area contributed by atoms with E-state index in [1.165, 1.54) is 12.8 Å². The van der Waals surface area contributed by atoms with Crippen LogP contribution in [0.4, 0.5) is 0 Å². The molecule has 1 fully saturated rings. The predicted molar refractivity (Wildman–Crippen MR) is 154 cm³/mol. The van der Waals surface area contributed by atoms with E-state index < -0.39 is 17.9 Å². The van der Waals surface area contributed by atoms with Crippen LogP contribution in [0.5, 0.6) is 11.5 Å². The van der Waals surface area contributed by atoms with Crippen molar-refractivity contribution >= 4 is 28.7 Å². The van der Waals surface area contributed by atoms with Crippen molar-refractivity contribution in [3.8, 4) is 17.6 Å². The van der Waals surface area contributed by atoms with Crippen LogP contribution >= 0.6 is 0 Å². The van der Waals surface area contributed by atoms with Gasteiger partial charge in [0.05, 0.1) is 22.7 Å². The number of fused-ring (bicyclic) bond motifs is 1. The highest BCUT2D eigenvalue weighted by molar-refractivity contribution is 5.99. The lowest BCUT2D eigenvalue weighted by atomic mass is 10.0. The van der Waals surface area contributed by atoms with Crippen molar-refractivity contribution in [2.45, 2.75) is 51.0 Å². The first-order valence-corrected chi connectivity index (χ1v) is 13.9. The van der Waals surface area contributed by atoms with Gasteiger partial charge in [0.15, 0.2) is 0 Å². The standard InChI is InChI=1S/C33H31N3O5/c34-20-23-14-16-29-27(18-23)24(21-36(29)31(37)17-15-22-8-4-5-9-22)19-28(33(39)40)35-32(38)26-12-6-7-13-30(26)41-25-10-2-1-3-11-25/h1-3,6-7,10-14,16,18,21-22,28H,4-5,8-9,15,17,19H2,(H,35,38)(H,39,40)/t28-/m0/s1. The molecule has 8 heteroatoms. The van der Waals surface area contributed by atoms with Gasteiger partial charge < -0.3 is 15.2 Å². The van der Waals surface area contributed by atoms with Gasteiger partial charge in [-0.3, -0.25) is 14.2 Å². The Morgan fingerprint density at radius 1 is 1.02 bits per heavy atom. The third-order valence-corrected chi connectivity index (χ3v) is 7.66. The van der Waals surface area contributed by atoms with E-state index in [0.29, 0.717) is 45.9 Å². The monoisotopic (exact) mass is 549 g/mol. The van der Waals surface area contributed by atoms with Crippen molar-refractivity contribution in [1.82, 2.24) is 9.88 Å². The van der Waals surface area contributed by atoms with Gasteiger partial charge in [0.2, 0.25) is 5.91 Å². The molecule has 0 saturated heterocycles. The Kier molecular flexibility index (Phi) is 8.44. The molecule has 1 atom stereocenters. The van der Waals surface area contributed by atoms with Gasteiger partial charge in [-0.2, -0.15) is 5.26 Å². The maximum atomic E-state index is 13.3. The second-order valence-electron chi connectivity index (χ2n) is 10.4. The molecule has 41 heavy (non-hydrogen) atoms. The number of aromatic nitrogens is 1. The summed E-state index contributed by atoms with van der Waals surface area (Å²) < 4.78 is 7.44. The number of nitriles is 1. The van der Waals surface area contributed by atoms with E-state index in [4.69, 9.17) is 4.74 Å². The highest BCUT2D eigenvalue weighted by atomic mass is 16.5. The Balaban J connectivity index is 1.39. The molecule has 1 saturated carbocycles. The average Bonchev–Trinajstić information content (AvgIpc) is 3.64. The molecule has 1 aromatic heterocycles. The summed E-state index contributed by atoms with van der Waals surface area (Å²) in [6.45, 7) is 0. The second-order valence-corrected chi connectivity index (χ2v) is 10.4. The number of carboxylic acid groups (broad SMARTS) is 1. The maximum absolute atomic E-state index is 13.3. The van der Waals surface area contributed by atoms with Crippen LogP contribution in [0.1, 0.15) is 64.8 Å². The lowest BCUT2D eigenvalue weighted by Gasteiger charge is -2.16. The minimum Gasteiger partial charge on any atom is -0.480 e. The van der Waals surface area contributed by atoms with Crippen molar-refractivity contribution in [1.29, 1.82) is 5.26 Å². The minimum atomic E-state index is -1.29. The van der Waals surface area contributed by atoms with Gasteiger partial charge in [-0.15, -0.1) is 0 Å². The summed E-state index contributed by atoms with van der Waals surface area (Å²) in [5, 5.41) is 22.8. The third kappa shape index (κ3) is 6.47. The Morgan fingerprint density at radius 3 is 2.49 bits per heavy atom. The topological polar surface area (TPSA) is 121 Å². The molecule has 4 aromatic rings. The molecule has 0 unspecified atom stereocenters. The molecule has 0 bridgehead atoms. The first-order chi connectivity index (χ1) is 19.9. The molecule has 1 heterocycles. The molecule has 2 N–H and O–H groups in total. The molecule has 0 radical (unpaired) electrons. The SMILES string of the molecule is N#Cc1ccc2c(c1)c(C[C@H](NC(=O)c1ccccc1Oc1ccccc1)C(=O)O)cn2C(=O)CCC1CCCC1. The summed E-state index contributed by atoms with van der Waals surface area (Å²) in [6, 6.07) is 21.5. The zero-order chi connectivity index (χ0) is 28.8. The lowest BCUT2D eigenvalue weighted by Crippen LogP contribution is -2.42. The van der Waals surface area contributed by atoms with Crippen LogP contribution in [0, 0.1) is 17.2 Å². The highest BCUT2D eigenvalue weighted by Crippen LogP contribution is 2.30. The fourth-order valence-electron chi connectivity index (χ4n) is 5.50. The van der Waals surface area contributed by atoms with Crippen molar-refractivity contribution in [3.63, 3.8) is 0 Å². The lowest BCUT2D eigenvalue weighted by molar-refractivity contribution is -0.139. The van der Waals surface area contributed by atoms with Gasteiger partial charge in [-0.25, -0.2) is 4.79 Å². The van der Waals surface area contributed by atoms with E-state index >= 15 is 0 Å². The van der Waals surface area contributed by atoms with Gasteiger partial charge in [-0.1, -0.05) is 56.0 Å². The molecular formula is C33H31N3O5. The number of rotatable bonds is 10. The highest BCUT2D eigenvalue weighted by Gasteiger charge is 2.26. The summed E-state index contributed by atoms with van der Waals surface area (Å²) in [5.74, 6) is -0.487. The van der Waals surface area contributed by atoms with Crippen molar-refractivity contribution < 1.29 is 24.2 Å². The van der Waals surface area contributed by atoms with Crippen LogP contribution in [0.15, 0.2) is 79.0 Å². The number of para-hydroxylation sites is 2. The normalized spacial score (nSPS) is 13.9. The first-order valence-electron chi connectivity index (χ1n) is 13.9. The van der Waals surface area contributed by atoms with E-state index in [1.807, 2.05) is 18.2 Å². The number of carbonyl (C=O) groups excluding carboxylic acids is 2. The largest absolute Gasteiger partial charge is 0.480 e. The van der Waals surface area contributed by atoms with Crippen molar-refractivity contribution in [2.24, 2.45) is 5.92 Å². The van der Waals surface area contributed by atoms with Crippen molar-refractivity contribution in [2.75, 3.05) is 0 Å². The van der Waals surface area contributed by atoms with Crippen LogP contribution in [0.2, 0.25) is 0 Å². The van der Waals surface area contributed by atoms with E-state index in [9.17, 15) is 24.8 Å². The third-order valence-electron chi connectivity index (χ3n) is 7.66. The summed E-state index contributed by atoms with van der Waals surface area (Å²) in [6.07, 6.45) is 7.50. The first kappa shape index (κ1) is 27.7. The van der Waals surface area contributed by atoms with Gasteiger partial charge in [-0.05, 0) is 60.4 Å². The number of nitrogens with one attached hydrogen (secondary N) is 1. The van der Waals surface area contributed by atoms with E-state index in [0.717, 1.165) is 19.3 Å². The Bertz CT molecular complexity index is 1610. The summed E-state index contributed by atoms with van der Waals surface area (Å²) in [5.41, 5.74) is 1.78. The number of carbonyl (C=O) groups is 3. The number of nitrogens with zero attached hydrogens (tertiary/aromatic N) is 2. The molecule has 3 aromatic carbocycles. The Labute approximate surface area is 238 Å². The summed E-state index contributed by atoms with van der Waals surface area (Å²) >= 11 is 0. The molecular weight excluding hydrogens is 518 g/mol. The van der Waals surface area contributed by atoms with Crippen LogP contribution in [0.3, 0.4) is 0 Å². The predicted octanol–water partition coefficient (Wildman–Crippen LogP) is 6.34. The molecule has 0 spiro atoms. The molecule has 208 valence electrons. The minimum absolute atomic E-state index is 0.0687.